The van der Waals surface area contributed by atoms with Gasteiger partial charge in [-0.05, 0) is 66.6 Å². The van der Waals surface area contributed by atoms with Crippen molar-refractivity contribution in [2.45, 2.75) is 6.92 Å². The predicted molar refractivity (Wildman–Crippen MR) is 119 cm³/mol. The molecule has 0 radical (unpaired) electrons. The fourth-order valence-corrected chi connectivity index (χ4v) is 2.72. The highest BCUT2D eigenvalue weighted by Gasteiger charge is 2.10. The van der Waals surface area contributed by atoms with Gasteiger partial charge in [0.05, 0.1) is 17.2 Å². The molecule has 0 fully saturated rings. The Hall–Kier alpha value is -4.37. The Kier molecular flexibility index (Phi) is 7.39. The highest BCUT2D eigenvalue weighted by Crippen LogP contribution is 2.23. The number of nitrogens with zero attached hydrogens (tertiary/aromatic N) is 1. The van der Waals surface area contributed by atoms with E-state index in [1.807, 2.05) is 24.3 Å². The van der Waals surface area contributed by atoms with Crippen LogP contribution in [0.15, 0.2) is 84.9 Å². The van der Waals surface area contributed by atoms with Crippen LogP contribution in [0.2, 0.25) is 0 Å². The first-order valence-corrected chi connectivity index (χ1v) is 9.84. The Morgan fingerprint density at radius 2 is 1.41 bits per heavy atom. The lowest BCUT2D eigenvalue weighted by Gasteiger charge is -2.09. The number of hydrogen-bond acceptors (Lipinski definition) is 6. The summed E-state index contributed by atoms with van der Waals surface area (Å²) in [7, 11) is 0. The highest BCUT2D eigenvalue weighted by atomic mass is 16.6. The van der Waals surface area contributed by atoms with E-state index in [-0.39, 0.29) is 13.2 Å². The van der Waals surface area contributed by atoms with E-state index in [9.17, 15) is 9.59 Å². The van der Waals surface area contributed by atoms with Crippen LogP contribution in [-0.4, -0.2) is 25.2 Å². The molecule has 6 heteroatoms. The summed E-state index contributed by atoms with van der Waals surface area (Å²) in [6, 6.07) is 23.0. The zero-order valence-corrected chi connectivity index (χ0v) is 17.5. The number of carbonyl (C=O) groups is 2. The third-order valence-electron chi connectivity index (χ3n) is 4.44. The van der Waals surface area contributed by atoms with Crippen LogP contribution in [0.4, 0.5) is 0 Å². The third-order valence-corrected chi connectivity index (χ3v) is 4.44. The van der Waals surface area contributed by atoms with E-state index in [0.29, 0.717) is 28.2 Å². The summed E-state index contributed by atoms with van der Waals surface area (Å²) in [6.45, 7) is 5.37. The second kappa shape index (κ2) is 10.6. The number of carbonyl (C=O) groups excluding carboxylic acids is 2. The smallest absolute Gasteiger partial charge is 0.343 e. The van der Waals surface area contributed by atoms with Gasteiger partial charge in [-0.25, -0.2) is 9.59 Å². The standard InChI is InChI=1S/C26H21NO5/c1-18(2)25(28)31-16-15-30-23-11-9-22(10-12-23)26(29)32-24-13-7-21(8-14-24)20-5-3-19(17-27)4-6-20/h3-14H,1,15-16H2,2H3. The van der Waals surface area contributed by atoms with Crippen LogP contribution >= 0.6 is 0 Å². The van der Waals surface area contributed by atoms with E-state index in [4.69, 9.17) is 19.5 Å². The van der Waals surface area contributed by atoms with Gasteiger partial charge in [-0.3, -0.25) is 0 Å². The predicted octanol–water partition coefficient (Wildman–Crippen LogP) is 4.94. The second-order valence-corrected chi connectivity index (χ2v) is 6.89. The van der Waals surface area contributed by atoms with E-state index >= 15 is 0 Å². The first-order chi connectivity index (χ1) is 15.5. The molecule has 0 aliphatic carbocycles. The van der Waals surface area contributed by atoms with Crippen molar-refractivity contribution in [2.24, 2.45) is 0 Å². The van der Waals surface area contributed by atoms with Crippen LogP contribution in [0, 0.1) is 11.3 Å². The van der Waals surface area contributed by atoms with Crippen molar-refractivity contribution < 1.29 is 23.8 Å². The third kappa shape index (κ3) is 6.07. The molecule has 0 spiro atoms. The molecular weight excluding hydrogens is 406 g/mol. The van der Waals surface area contributed by atoms with E-state index in [0.717, 1.165) is 11.1 Å². The largest absolute Gasteiger partial charge is 0.490 e. The van der Waals surface area contributed by atoms with Crippen LogP contribution in [0.1, 0.15) is 22.8 Å². The van der Waals surface area contributed by atoms with Crippen molar-refractivity contribution in [3.63, 3.8) is 0 Å². The van der Waals surface area contributed by atoms with Crippen LogP contribution in [0.25, 0.3) is 11.1 Å². The SMILES string of the molecule is C=C(C)C(=O)OCCOc1ccc(C(=O)Oc2ccc(-c3ccc(C#N)cc3)cc2)cc1. The molecule has 3 aromatic carbocycles. The molecule has 0 amide bonds. The minimum absolute atomic E-state index is 0.105. The quantitative estimate of drug-likeness (QED) is 0.219. The normalized spacial score (nSPS) is 10.0. The first kappa shape index (κ1) is 22.3. The van der Waals surface area contributed by atoms with Gasteiger partial charge in [-0.2, -0.15) is 5.26 Å². The maximum absolute atomic E-state index is 12.4. The number of ether oxygens (including phenoxy) is 3. The summed E-state index contributed by atoms with van der Waals surface area (Å²) in [5, 5.41) is 8.89. The Bertz CT molecular complexity index is 1140. The highest BCUT2D eigenvalue weighted by molar-refractivity contribution is 5.91. The van der Waals surface area contributed by atoms with E-state index in [1.54, 1.807) is 55.5 Å². The molecule has 0 saturated carbocycles. The summed E-state index contributed by atoms with van der Waals surface area (Å²) in [5.41, 5.74) is 3.22. The fraction of sp³-hybridized carbons (Fsp3) is 0.115. The Labute approximate surface area is 186 Å². The van der Waals surface area contributed by atoms with Crippen molar-refractivity contribution >= 4 is 11.9 Å². The van der Waals surface area contributed by atoms with Gasteiger partial charge in [-0.15, -0.1) is 0 Å². The second-order valence-electron chi connectivity index (χ2n) is 6.89. The van der Waals surface area contributed by atoms with Crippen molar-refractivity contribution in [3.05, 3.63) is 96.1 Å². The van der Waals surface area contributed by atoms with Crippen LogP contribution in [0.5, 0.6) is 11.5 Å². The number of hydrogen-bond donors (Lipinski definition) is 0. The van der Waals surface area contributed by atoms with Gasteiger partial charge in [-0.1, -0.05) is 30.8 Å². The Balaban J connectivity index is 1.52. The van der Waals surface area contributed by atoms with Crippen LogP contribution < -0.4 is 9.47 Å². The summed E-state index contributed by atoms with van der Waals surface area (Å²) < 4.78 is 15.9. The van der Waals surface area contributed by atoms with Crippen LogP contribution in [-0.2, 0) is 9.53 Å². The average molecular weight is 427 g/mol. The van der Waals surface area contributed by atoms with Gasteiger partial charge in [0.2, 0.25) is 0 Å². The Morgan fingerprint density at radius 1 is 0.844 bits per heavy atom. The number of benzene rings is 3. The van der Waals surface area contributed by atoms with E-state index in [1.165, 1.54) is 0 Å². The molecule has 0 aromatic heterocycles. The summed E-state index contributed by atoms with van der Waals surface area (Å²) >= 11 is 0. The molecule has 3 rings (SSSR count). The van der Waals surface area contributed by atoms with Gasteiger partial charge in [0.1, 0.15) is 24.7 Å². The molecular formula is C26H21NO5. The molecule has 0 heterocycles. The van der Waals surface area contributed by atoms with Crippen LogP contribution in [0.3, 0.4) is 0 Å². The first-order valence-electron chi connectivity index (χ1n) is 9.84. The zero-order valence-electron chi connectivity index (χ0n) is 17.5. The summed E-state index contributed by atoms with van der Waals surface area (Å²) in [6.07, 6.45) is 0. The molecule has 160 valence electrons. The van der Waals surface area contributed by atoms with Crippen molar-refractivity contribution in [1.82, 2.24) is 0 Å². The van der Waals surface area contributed by atoms with E-state index in [2.05, 4.69) is 12.6 Å². The zero-order chi connectivity index (χ0) is 22.9. The monoisotopic (exact) mass is 427 g/mol. The minimum atomic E-state index is -0.488. The minimum Gasteiger partial charge on any atom is -0.490 e. The average Bonchev–Trinajstić information content (AvgIpc) is 2.82. The lowest BCUT2D eigenvalue weighted by Crippen LogP contribution is -2.12. The van der Waals surface area contributed by atoms with Crippen molar-refractivity contribution in [1.29, 1.82) is 5.26 Å². The molecule has 32 heavy (non-hydrogen) atoms. The molecule has 0 unspecified atom stereocenters. The fourth-order valence-electron chi connectivity index (χ4n) is 2.72. The van der Waals surface area contributed by atoms with Gasteiger partial charge in [0.25, 0.3) is 0 Å². The van der Waals surface area contributed by atoms with Crippen molar-refractivity contribution in [2.75, 3.05) is 13.2 Å². The van der Waals surface area contributed by atoms with Gasteiger partial charge in [0.15, 0.2) is 0 Å². The maximum Gasteiger partial charge on any atom is 0.343 e. The molecule has 0 atom stereocenters. The van der Waals surface area contributed by atoms with Gasteiger partial charge < -0.3 is 14.2 Å². The van der Waals surface area contributed by atoms with Gasteiger partial charge in [0, 0.05) is 5.57 Å². The van der Waals surface area contributed by atoms with Crippen molar-refractivity contribution in [3.8, 4) is 28.7 Å². The van der Waals surface area contributed by atoms with Gasteiger partial charge >= 0.3 is 11.9 Å². The molecule has 0 saturated heterocycles. The number of rotatable bonds is 8. The topological polar surface area (TPSA) is 85.6 Å². The number of nitriles is 1. The van der Waals surface area contributed by atoms with E-state index < -0.39 is 11.9 Å². The summed E-state index contributed by atoms with van der Waals surface area (Å²) in [5.74, 6) is 0.0152. The molecule has 6 nitrogen and oxygen atoms in total. The molecule has 0 N–H and O–H groups in total. The molecule has 0 bridgehead atoms. The molecule has 0 aliphatic rings. The summed E-state index contributed by atoms with van der Waals surface area (Å²) in [4.78, 5) is 23.7. The lowest BCUT2D eigenvalue weighted by molar-refractivity contribution is -0.139. The molecule has 3 aromatic rings. The Morgan fingerprint density at radius 3 is 1.97 bits per heavy atom. The molecule has 0 aliphatic heterocycles. The number of esters is 2. The maximum atomic E-state index is 12.4. The lowest BCUT2D eigenvalue weighted by atomic mass is 10.0.